The second-order valence-electron chi connectivity index (χ2n) is 7.40. The maximum absolute atomic E-state index is 12.7. The minimum absolute atomic E-state index is 0.0359. The van der Waals surface area contributed by atoms with Crippen LogP contribution in [0.25, 0.3) is 0 Å². The van der Waals surface area contributed by atoms with Crippen molar-refractivity contribution in [2.45, 2.75) is 52.0 Å². The van der Waals surface area contributed by atoms with Gasteiger partial charge in [0.2, 0.25) is 0 Å². The molecule has 0 bridgehead atoms. The molecule has 0 radical (unpaired) electrons. The number of aryl methyl sites for hydroxylation is 1. The van der Waals surface area contributed by atoms with Crippen LogP contribution in [0.3, 0.4) is 0 Å². The molecule has 0 atom stereocenters. The molecular formula is C21H23ClN2O4. The van der Waals surface area contributed by atoms with Crippen LogP contribution in [0.15, 0.2) is 33.5 Å². The van der Waals surface area contributed by atoms with Gasteiger partial charge in [-0.05, 0) is 63.4 Å². The lowest BCUT2D eigenvalue weighted by Crippen LogP contribution is -2.30. The van der Waals surface area contributed by atoms with Gasteiger partial charge >= 0.3 is 5.63 Å². The molecule has 0 aliphatic heterocycles. The smallest absolute Gasteiger partial charge is 0.349 e. The SMILES string of the molecule is Cc1cc(C2CCC2)oc(=O)c1C(=O)Nc1ccc(Cl)c(C(=O)NC(C)C)c1. The first kappa shape index (κ1) is 20.1. The van der Waals surface area contributed by atoms with Gasteiger partial charge in [0, 0.05) is 17.6 Å². The van der Waals surface area contributed by atoms with Crippen molar-refractivity contribution in [2.24, 2.45) is 0 Å². The van der Waals surface area contributed by atoms with Crippen molar-refractivity contribution in [2.75, 3.05) is 5.32 Å². The first-order valence-electron chi connectivity index (χ1n) is 9.32. The molecule has 0 saturated heterocycles. The van der Waals surface area contributed by atoms with Crippen molar-refractivity contribution < 1.29 is 14.0 Å². The highest BCUT2D eigenvalue weighted by Gasteiger charge is 2.25. The maximum Gasteiger partial charge on any atom is 0.349 e. The normalized spacial score (nSPS) is 13.9. The van der Waals surface area contributed by atoms with E-state index in [1.165, 1.54) is 12.1 Å². The second-order valence-corrected chi connectivity index (χ2v) is 7.81. The fourth-order valence-corrected chi connectivity index (χ4v) is 3.31. The number of anilines is 1. The third-order valence-electron chi connectivity index (χ3n) is 4.79. The van der Waals surface area contributed by atoms with Gasteiger partial charge in [0.15, 0.2) is 0 Å². The summed E-state index contributed by atoms with van der Waals surface area (Å²) in [6.07, 6.45) is 3.12. The Kier molecular flexibility index (Phi) is 5.89. The summed E-state index contributed by atoms with van der Waals surface area (Å²) in [7, 11) is 0. The van der Waals surface area contributed by atoms with Gasteiger partial charge in [-0.25, -0.2) is 4.79 Å². The van der Waals surface area contributed by atoms with Crippen LogP contribution >= 0.6 is 11.6 Å². The molecule has 1 aromatic heterocycles. The number of carbonyl (C=O) groups excluding carboxylic acids is 2. The number of hydrogen-bond donors (Lipinski definition) is 2. The second kappa shape index (κ2) is 8.19. The molecule has 2 aromatic rings. The fraction of sp³-hybridized carbons (Fsp3) is 0.381. The molecule has 0 unspecified atom stereocenters. The predicted octanol–water partition coefficient (Wildman–Crippen LogP) is 4.26. The van der Waals surface area contributed by atoms with Crippen LogP contribution in [0.1, 0.15) is 71.1 Å². The molecule has 1 aromatic carbocycles. The molecule has 6 nitrogen and oxygen atoms in total. The van der Waals surface area contributed by atoms with Crippen molar-refractivity contribution in [1.82, 2.24) is 5.32 Å². The zero-order valence-electron chi connectivity index (χ0n) is 16.1. The van der Waals surface area contributed by atoms with Crippen LogP contribution < -0.4 is 16.3 Å². The molecule has 1 fully saturated rings. The number of nitrogens with one attached hydrogen (secondary N) is 2. The third-order valence-corrected chi connectivity index (χ3v) is 5.12. The lowest BCUT2D eigenvalue weighted by atomic mass is 9.83. The van der Waals surface area contributed by atoms with E-state index in [1.807, 2.05) is 13.8 Å². The van der Waals surface area contributed by atoms with Crippen molar-refractivity contribution in [3.05, 3.63) is 62.2 Å². The van der Waals surface area contributed by atoms with E-state index in [2.05, 4.69) is 10.6 Å². The Morgan fingerprint density at radius 1 is 1.18 bits per heavy atom. The predicted molar refractivity (Wildman–Crippen MR) is 108 cm³/mol. The highest BCUT2D eigenvalue weighted by atomic mass is 35.5. The molecule has 7 heteroatoms. The summed E-state index contributed by atoms with van der Waals surface area (Å²) in [6.45, 7) is 5.40. The number of rotatable bonds is 5. The Bertz CT molecular complexity index is 977. The summed E-state index contributed by atoms with van der Waals surface area (Å²) in [5.41, 5.74) is 0.502. The Morgan fingerprint density at radius 2 is 1.89 bits per heavy atom. The number of benzene rings is 1. The molecule has 148 valence electrons. The van der Waals surface area contributed by atoms with Crippen LogP contribution in [-0.2, 0) is 0 Å². The van der Waals surface area contributed by atoms with Crippen molar-refractivity contribution in [1.29, 1.82) is 0 Å². The lowest BCUT2D eigenvalue weighted by Gasteiger charge is -2.24. The van der Waals surface area contributed by atoms with Crippen molar-refractivity contribution in [3.63, 3.8) is 0 Å². The highest BCUT2D eigenvalue weighted by molar-refractivity contribution is 6.34. The van der Waals surface area contributed by atoms with Gasteiger partial charge in [-0.2, -0.15) is 0 Å². The summed E-state index contributed by atoms with van der Waals surface area (Å²) >= 11 is 6.11. The van der Waals surface area contributed by atoms with Gasteiger partial charge in [0.1, 0.15) is 11.3 Å². The first-order chi connectivity index (χ1) is 13.3. The van der Waals surface area contributed by atoms with E-state index >= 15 is 0 Å². The van der Waals surface area contributed by atoms with E-state index in [1.54, 1.807) is 19.1 Å². The molecule has 2 N–H and O–H groups in total. The summed E-state index contributed by atoms with van der Waals surface area (Å²) in [6, 6.07) is 6.30. The molecular weight excluding hydrogens is 380 g/mol. The van der Waals surface area contributed by atoms with Crippen LogP contribution in [0.2, 0.25) is 5.02 Å². The molecule has 0 spiro atoms. The molecule has 28 heavy (non-hydrogen) atoms. The van der Waals surface area contributed by atoms with Gasteiger partial charge in [-0.15, -0.1) is 0 Å². The Balaban J connectivity index is 1.83. The molecule has 1 heterocycles. The lowest BCUT2D eigenvalue weighted by molar-refractivity contribution is 0.0941. The summed E-state index contributed by atoms with van der Waals surface area (Å²) in [5.74, 6) is -0.00756. The minimum atomic E-state index is -0.647. The van der Waals surface area contributed by atoms with Gasteiger partial charge in [-0.1, -0.05) is 18.0 Å². The van der Waals surface area contributed by atoms with E-state index < -0.39 is 11.5 Å². The van der Waals surface area contributed by atoms with Crippen molar-refractivity contribution in [3.8, 4) is 0 Å². The number of carbonyl (C=O) groups is 2. The van der Waals surface area contributed by atoms with E-state index in [0.29, 0.717) is 17.0 Å². The van der Waals surface area contributed by atoms with Crippen LogP contribution in [-0.4, -0.2) is 17.9 Å². The summed E-state index contributed by atoms with van der Waals surface area (Å²) in [4.78, 5) is 37.3. The molecule has 3 rings (SSSR count). The minimum Gasteiger partial charge on any atom is -0.427 e. The average Bonchev–Trinajstić information content (AvgIpc) is 2.53. The van der Waals surface area contributed by atoms with Crippen LogP contribution in [0.5, 0.6) is 0 Å². The monoisotopic (exact) mass is 402 g/mol. The Labute approximate surface area is 168 Å². The topological polar surface area (TPSA) is 88.4 Å². The van der Waals surface area contributed by atoms with Crippen LogP contribution in [0.4, 0.5) is 5.69 Å². The molecule has 1 aliphatic carbocycles. The molecule has 2 amide bonds. The summed E-state index contributed by atoms with van der Waals surface area (Å²) in [5, 5.41) is 5.69. The largest absolute Gasteiger partial charge is 0.427 e. The van der Waals surface area contributed by atoms with Gasteiger partial charge < -0.3 is 15.1 Å². The number of halogens is 1. The third kappa shape index (κ3) is 4.28. The Morgan fingerprint density at radius 3 is 2.46 bits per heavy atom. The quantitative estimate of drug-likeness (QED) is 0.782. The van der Waals surface area contributed by atoms with E-state index in [-0.39, 0.29) is 34.0 Å². The van der Waals surface area contributed by atoms with E-state index in [0.717, 1.165) is 19.3 Å². The zero-order chi connectivity index (χ0) is 20.4. The zero-order valence-corrected chi connectivity index (χ0v) is 16.9. The Hall–Kier alpha value is -2.60. The number of hydrogen-bond acceptors (Lipinski definition) is 4. The van der Waals surface area contributed by atoms with Gasteiger partial charge in [0.25, 0.3) is 11.8 Å². The summed E-state index contributed by atoms with van der Waals surface area (Å²) < 4.78 is 5.38. The van der Waals surface area contributed by atoms with E-state index in [4.69, 9.17) is 16.0 Å². The standard InChI is InChI=1S/C21H23ClN2O4/c1-11(2)23-19(25)15-10-14(7-8-16(15)22)24-20(26)18-12(3)9-17(28-21(18)27)13-5-4-6-13/h7-11,13H,4-6H2,1-3H3,(H,23,25)(H,24,26). The first-order valence-corrected chi connectivity index (χ1v) is 9.70. The highest BCUT2D eigenvalue weighted by Crippen LogP contribution is 2.36. The number of amides is 2. The maximum atomic E-state index is 12.7. The van der Waals surface area contributed by atoms with E-state index in [9.17, 15) is 14.4 Å². The average molecular weight is 403 g/mol. The van der Waals surface area contributed by atoms with Gasteiger partial charge in [-0.3, -0.25) is 9.59 Å². The molecule has 1 aliphatic rings. The van der Waals surface area contributed by atoms with Gasteiger partial charge in [0.05, 0.1) is 10.6 Å². The fourth-order valence-electron chi connectivity index (χ4n) is 3.11. The molecule has 1 saturated carbocycles. The van der Waals surface area contributed by atoms with Crippen molar-refractivity contribution >= 4 is 29.1 Å². The van der Waals surface area contributed by atoms with Crippen LogP contribution in [0, 0.1) is 6.92 Å².